The molecular weight excluding hydrogens is 492 g/mol. The van der Waals surface area contributed by atoms with Gasteiger partial charge < -0.3 is 0 Å². The molecule has 1 fully saturated rings. The summed E-state index contributed by atoms with van der Waals surface area (Å²) >= 11 is 0. The largest absolute Gasteiger partial charge is 0.274 e. The summed E-state index contributed by atoms with van der Waals surface area (Å²) in [5.74, 6) is -1.59. The predicted molar refractivity (Wildman–Crippen MR) is 158 cm³/mol. The Kier molecular flexibility index (Phi) is 4.81. The van der Waals surface area contributed by atoms with Gasteiger partial charge in [-0.25, -0.2) is 4.90 Å². The molecule has 1 heterocycles. The Balaban J connectivity index is 1.40. The lowest BCUT2D eigenvalue weighted by atomic mass is 9.47. The number of rotatable bonds is 3. The lowest BCUT2D eigenvalue weighted by Gasteiger charge is -2.52. The first-order chi connectivity index (χ1) is 19.6. The van der Waals surface area contributed by atoms with E-state index in [9.17, 15) is 9.59 Å². The molecule has 0 spiro atoms. The van der Waals surface area contributed by atoms with Crippen LogP contribution in [-0.2, 0) is 15.0 Å². The molecule has 2 atom stereocenters. The summed E-state index contributed by atoms with van der Waals surface area (Å²) < 4.78 is 0. The molecule has 0 radical (unpaired) electrons. The normalized spacial score (nSPS) is 24.4. The van der Waals surface area contributed by atoms with Gasteiger partial charge in [0.1, 0.15) is 0 Å². The molecule has 0 saturated carbocycles. The first-order valence-electron chi connectivity index (χ1n) is 13.8. The number of nitrogens with zero attached hydrogens (tertiary/aromatic N) is 2. The number of benzene rings is 5. The fourth-order valence-electron chi connectivity index (χ4n) is 7.58. The standard InChI is InChI=1S/C36H26N2O2/c1-22-10-8-13-24(20-22)37-21-36-28-17-6-4-15-26(28)31(27-16-5-7-18-29(27)36)32-33(36)35(40)38(34(32)39)30-19-9-12-23-11-2-3-14-25(23)30/h2-21,31-33H,1H3/t31?,32-,33-,36?/m0/s1. The number of anilines is 1. The molecule has 4 aliphatic rings. The summed E-state index contributed by atoms with van der Waals surface area (Å²) in [6.45, 7) is 2.05. The number of hydrogen-bond donors (Lipinski definition) is 0. The van der Waals surface area contributed by atoms with Crippen LogP contribution in [0, 0.1) is 18.8 Å². The second kappa shape index (κ2) is 8.33. The molecule has 0 N–H and O–H groups in total. The smallest absolute Gasteiger partial charge is 0.239 e. The summed E-state index contributed by atoms with van der Waals surface area (Å²) in [6.07, 6.45) is 1.96. The third-order valence-electron chi connectivity index (χ3n) is 9.11. The van der Waals surface area contributed by atoms with E-state index in [1.807, 2.05) is 104 Å². The Hall–Kier alpha value is -4.83. The van der Waals surface area contributed by atoms with Crippen LogP contribution in [0.4, 0.5) is 11.4 Å². The van der Waals surface area contributed by atoms with Crippen LogP contribution in [0.2, 0.25) is 0 Å². The number of amides is 2. The van der Waals surface area contributed by atoms with Crippen LogP contribution in [0.1, 0.15) is 33.7 Å². The number of hydrogen-bond acceptors (Lipinski definition) is 3. The quantitative estimate of drug-likeness (QED) is 0.189. The van der Waals surface area contributed by atoms with Crippen LogP contribution in [0.15, 0.2) is 120 Å². The molecule has 2 amide bonds. The molecule has 2 bridgehead atoms. The van der Waals surface area contributed by atoms with Crippen molar-refractivity contribution in [1.29, 1.82) is 0 Å². The molecule has 4 nitrogen and oxygen atoms in total. The highest BCUT2D eigenvalue weighted by Gasteiger charge is 2.68. The molecule has 0 aromatic heterocycles. The van der Waals surface area contributed by atoms with E-state index in [2.05, 4.69) is 24.3 Å². The SMILES string of the molecule is Cc1cccc(N=CC23c4ccccc4C(c4ccccc42)[C@@H]2C(=O)N(c4cccc5ccccc45)C(=O)[C@H]23)c1. The van der Waals surface area contributed by atoms with Gasteiger partial charge in [0.25, 0.3) is 0 Å². The lowest BCUT2D eigenvalue weighted by molar-refractivity contribution is -0.122. The monoisotopic (exact) mass is 518 g/mol. The average Bonchev–Trinajstić information content (AvgIpc) is 3.26. The van der Waals surface area contributed by atoms with E-state index in [0.29, 0.717) is 5.69 Å². The fourth-order valence-corrected chi connectivity index (χ4v) is 7.58. The first kappa shape index (κ1) is 23.1. The number of carbonyl (C=O) groups is 2. The molecule has 192 valence electrons. The highest BCUT2D eigenvalue weighted by atomic mass is 16.2. The lowest BCUT2D eigenvalue weighted by Crippen LogP contribution is -2.54. The minimum atomic E-state index is -0.873. The van der Waals surface area contributed by atoms with Crippen LogP contribution >= 0.6 is 0 Å². The first-order valence-corrected chi connectivity index (χ1v) is 13.8. The summed E-state index contributed by atoms with van der Waals surface area (Å²) in [6, 6.07) is 38.4. The Bertz CT molecular complexity index is 1850. The van der Waals surface area contributed by atoms with Crippen molar-refractivity contribution >= 4 is 40.2 Å². The topological polar surface area (TPSA) is 49.7 Å². The molecule has 0 unspecified atom stereocenters. The van der Waals surface area contributed by atoms with Crippen molar-refractivity contribution in [2.24, 2.45) is 16.8 Å². The summed E-state index contributed by atoms with van der Waals surface area (Å²) in [7, 11) is 0. The van der Waals surface area contributed by atoms with Gasteiger partial charge in [-0.2, -0.15) is 0 Å². The maximum atomic E-state index is 14.7. The molecular formula is C36H26N2O2. The third kappa shape index (κ3) is 2.93. The van der Waals surface area contributed by atoms with E-state index in [4.69, 9.17) is 4.99 Å². The van der Waals surface area contributed by atoms with Crippen molar-refractivity contribution in [1.82, 2.24) is 0 Å². The molecule has 5 aromatic carbocycles. The predicted octanol–water partition coefficient (Wildman–Crippen LogP) is 7.10. The summed E-state index contributed by atoms with van der Waals surface area (Å²) in [4.78, 5) is 35.7. The third-order valence-corrected chi connectivity index (χ3v) is 9.11. The minimum Gasteiger partial charge on any atom is -0.274 e. The maximum Gasteiger partial charge on any atom is 0.239 e. The van der Waals surface area contributed by atoms with Crippen molar-refractivity contribution in [2.75, 3.05) is 4.90 Å². The van der Waals surface area contributed by atoms with Gasteiger partial charge in [-0.05, 0) is 58.3 Å². The highest BCUT2D eigenvalue weighted by Crippen LogP contribution is 2.64. The van der Waals surface area contributed by atoms with Crippen molar-refractivity contribution in [3.63, 3.8) is 0 Å². The van der Waals surface area contributed by atoms with E-state index < -0.39 is 17.3 Å². The van der Waals surface area contributed by atoms with Gasteiger partial charge in [0.15, 0.2) is 0 Å². The van der Waals surface area contributed by atoms with E-state index >= 15 is 0 Å². The van der Waals surface area contributed by atoms with E-state index in [1.54, 1.807) is 0 Å². The van der Waals surface area contributed by atoms with Crippen molar-refractivity contribution in [2.45, 2.75) is 18.3 Å². The molecule has 9 rings (SSSR count). The van der Waals surface area contributed by atoms with Crippen molar-refractivity contribution in [3.05, 3.63) is 143 Å². The fraction of sp³-hybridized carbons (Fsp3) is 0.139. The van der Waals surface area contributed by atoms with Gasteiger partial charge in [-0.15, -0.1) is 0 Å². The number of imide groups is 1. The van der Waals surface area contributed by atoms with E-state index in [1.165, 1.54) is 4.90 Å². The Morgan fingerprint density at radius 1 is 0.725 bits per heavy atom. The van der Waals surface area contributed by atoms with Crippen LogP contribution in [0.5, 0.6) is 0 Å². The van der Waals surface area contributed by atoms with Gasteiger partial charge in [0.2, 0.25) is 11.8 Å². The Labute approximate surface area is 232 Å². The van der Waals surface area contributed by atoms with E-state index in [-0.39, 0.29) is 17.7 Å². The van der Waals surface area contributed by atoms with Crippen molar-refractivity contribution < 1.29 is 9.59 Å². The van der Waals surface area contributed by atoms with Gasteiger partial charge in [0.05, 0.1) is 28.6 Å². The maximum absolute atomic E-state index is 14.7. The van der Waals surface area contributed by atoms with Crippen molar-refractivity contribution in [3.8, 4) is 0 Å². The summed E-state index contributed by atoms with van der Waals surface area (Å²) in [5, 5.41) is 1.90. The zero-order chi connectivity index (χ0) is 27.0. The Morgan fingerprint density at radius 2 is 1.38 bits per heavy atom. The summed E-state index contributed by atoms with van der Waals surface area (Å²) in [5.41, 5.74) is 6.08. The molecule has 1 saturated heterocycles. The number of aryl methyl sites for hydroxylation is 1. The molecule has 4 heteroatoms. The molecule has 1 aliphatic heterocycles. The number of fused-ring (bicyclic) bond motifs is 1. The molecule has 40 heavy (non-hydrogen) atoms. The second-order valence-electron chi connectivity index (χ2n) is 11.1. The van der Waals surface area contributed by atoms with Gasteiger partial charge in [-0.3, -0.25) is 14.6 Å². The zero-order valence-electron chi connectivity index (χ0n) is 22.0. The van der Waals surface area contributed by atoms with Crippen LogP contribution in [0.25, 0.3) is 10.8 Å². The molecule has 5 aromatic rings. The average molecular weight is 519 g/mol. The van der Waals surface area contributed by atoms with Gasteiger partial charge >= 0.3 is 0 Å². The zero-order valence-corrected chi connectivity index (χ0v) is 22.0. The minimum absolute atomic E-state index is 0.131. The van der Waals surface area contributed by atoms with Crippen LogP contribution in [0.3, 0.4) is 0 Å². The Morgan fingerprint density at radius 3 is 2.12 bits per heavy atom. The van der Waals surface area contributed by atoms with Gasteiger partial charge in [-0.1, -0.05) is 97.1 Å². The highest BCUT2D eigenvalue weighted by molar-refractivity contribution is 6.27. The van der Waals surface area contributed by atoms with E-state index in [0.717, 1.165) is 44.3 Å². The van der Waals surface area contributed by atoms with Crippen LogP contribution in [-0.4, -0.2) is 18.0 Å². The van der Waals surface area contributed by atoms with Crippen LogP contribution < -0.4 is 4.90 Å². The second-order valence-corrected chi connectivity index (χ2v) is 11.1. The number of carbonyl (C=O) groups excluding carboxylic acids is 2. The number of aliphatic imine (C=N–C) groups is 1. The van der Waals surface area contributed by atoms with Gasteiger partial charge in [0, 0.05) is 17.5 Å². The molecule has 3 aliphatic carbocycles.